The summed E-state index contributed by atoms with van der Waals surface area (Å²) >= 11 is 1.57. The van der Waals surface area contributed by atoms with Gasteiger partial charge in [-0.3, -0.25) is 0 Å². The molecule has 0 unspecified atom stereocenters. The van der Waals surface area contributed by atoms with E-state index >= 15 is 0 Å². The highest BCUT2D eigenvalue weighted by Crippen LogP contribution is 2.30. The second kappa shape index (κ2) is 5.77. The summed E-state index contributed by atoms with van der Waals surface area (Å²) < 4.78 is 0.949. The summed E-state index contributed by atoms with van der Waals surface area (Å²) in [6.07, 6.45) is 1.51. The number of fused-ring (bicyclic) bond motifs is 1. The highest BCUT2D eigenvalue weighted by atomic mass is 32.1. The number of hydrogen-bond donors (Lipinski definition) is 0. The smallest absolute Gasteiger partial charge is 0.195 e. The van der Waals surface area contributed by atoms with Gasteiger partial charge in [0.15, 0.2) is 5.82 Å². The zero-order chi connectivity index (χ0) is 14.7. The molecule has 0 saturated heterocycles. The molecule has 21 heavy (non-hydrogen) atoms. The lowest BCUT2D eigenvalue weighted by molar-refractivity contribution is 0.947. The van der Waals surface area contributed by atoms with E-state index in [4.69, 9.17) is 5.26 Å². The van der Waals surface area contributed by atoms with Crippen molar-refractivity contribution >= 4 is 27.4 Å². The first-order valence-electron chi connectivity index (χ1n) is 6.33. The number of nitriles is 1. The van der Waals surface area contributed by atoms with E-state index < -0.39 is 0 Å². The highest BCUT2D eigenvalue weighted by molar-refractivity contribution is 7.17. The van der Waals surface area contributed by atoms with Gasteiger partial charge in [0.2, 0.25) is 0 Å². The van der Waals surface area contributed by atoms with Crippen molar-refractivity contribution in [2.24, 2.45) is 10.2 Å². The van der Waals surface area contributed by atoms with Gasteiger partial charge in [0, 0.05) is 0 Å². The third kappa shape index (κ3) is 2.78. The largest absolute Gasteiger partial charge is 0.235 e. The van der Waals surface area contributed by atoms with Crippen molar-refractivity contribution in [1.82, 2.24) is 9.97 Å². The van der Waals surface area contributed by atoms with Crippen LogP contribution in [-0.2, 0) is 6.54 Å². The molecule has 5 nitrogen and oxygen atoms in total. The van der Waals surface area contributed by atoms with E-state index in [-0.39, 0.29) is 0 Å². The lowest BCUT2D eigenvalue weighted by Gasteiger charge is -1.97. The summed E-state index contributed by atoms with van der Waals surface area (Å²) in [5, 5.41) is 19.3. The number of benzene rings is 1. The van der Waals surface area contributed by atoms with Crippen molar-refractivity contribution in [2.75, 3.05) is 0 Å². The molecule has 102 valence electrons. The van der Waals surface area contributed by atoms with Crippen LogP contribution in [0.2, 0.25) is 0 Å². The van der Waals surface area contributed by atoms with Gasteiger partial charge in [0.25, 0.3) is 0 Å². The summed E-state index contributed by atoms with van der Waals surface area (Å²) in [7, 11) is 0. The second-order valence-corrected chi connectivity index (χ2v) is 5.39. The minimum atomic E-state index is 0.422. The summed E-state index contributed by atoms with van der Waals surface area (Å²) in [6, 6.07) is 9.45. The van der Waals surface area contributed by atoms with Crippen LogP contribution < -0.4 is 0 Å². The van der Waals surface area contributed by atoms with Crippen LogP contribution >= 0.6 is 11.3 Å². The zero-order valence-electron chi connectivity index (χ0n) is 11.3. The molecule has 0 radical (unpaired) electrons. The van der Waals surface area contributed by atoms with Gasteiger partial charge < -0.3 is 0 Å². The SMILES string of the molecule is Cc1csc2c(N=NCc3cccc(C#N)c3)ncnc12. The number of aromatic nitrogens is 2. The molecule has 0 bridgehead atoms. The minimum absolute atomic E-state index is 0.422. The van der Waals surface area contributed by atoms with Crippen molar-refractivity contribution in [2.45, 2.75) is 13.5 Å². The van der Waals surface area contributed by atoms with E-state index in [9.17, 15) is 0 Å². The van der Waals surface area contributed by atoms with E-state index in [1.54, 1.807) is 17.4 Å². The Labute approximate surface area is 125 Å². The third-order valence-corrected chi connectivity index (χ3v) is 4.07. The summed E-state index contributed by atoms with van der Waals surface area (Å²) in [6.45, 7) is 2.44. The Kier molecular flexibility index (Phi) is 3.67. The first-order chi connectivity index (χ1) is 10.3. The molecule has 0 fully saturated rings. The van der Waals surface area contributed by atoms with E-state index in [0.717, 1.165) is 21.3 Å². The Morgan fingerprint density at radius 1 is 1.33 bits per heavy atom. The normalized spacial score (nSPS) is 11.0. The van der Waals surface area contributed by atoms with E-state index in [0.29, 0.717) is 17.9 Å². The molecule has 0 N–H and O–H groups in total. The van der Waals surface area contributed by atoms with Crippen molar-refractivity contribution in [3.05, 3.63) is 52.7 Å². The Balaban J connectivity index is 1.83. The molecule has 0 aliphatic heterocycles. The fourth-order valence-corrected chi connectivity index (χ4v) is 2.88. The molecule has 3 aromatic rings. The molecule has 1 aromatic carbocycles. The van der Waals surface area contributed by atoms with Gasteiger partial charge in [-0.1, -0.05) is 12.1 Å². The summed E-state index contributed by atoms with van der Waals surface area (Å²) in [4.78, 5) is 8.42. The van der Waals surface area contributed by atoms with Gasteiger partial charge in [0.1, 0.15) is 6.33 Å². The van der Waals surface area contributed by atoms with Crippen molar-refractivity contribution in [1.29, 1.82) is 5.26 Å². The van der Waals surface area contributed by atoms with Crippen LogP contribution in [0, 0.1) is 18.3 Å². The van der Waals surface area contributed by atoms with Crippen LogP contribution in [0.25, 0.3) is 10.2 Å². The maximum absolute atomic E-state index is 8.87. The zero-order valence-corrected chi connectivity index (χ0v) is 12.1. The average molecular weight is 293 g/mol. The van der Waals surface area contributed by atoms with Gasteiger partial charge in [-0.2, -0.15) is 10.4 Å². The van der Waals surface area contributed by atoms with Crippen LogP contribution in [0.3, 0.4) is 0 Å². The van der Waals surface area contributed by atoms with Crippen LogP contribution in [0.1, 0.15) is 16.7 Å². The van der Waals surface area contributed by atoms with Gasteiger partial charge >= 0.3 is 0 Å². The van der Waals surface area contributed by atoms with Crippen molar-refractivity contribution < 1.29 is 0 Å². The Hall–Kier alpha value is -2.65. The quantitative estimate of drug-likeness (QED) is 0.680. The Bertz CT molecular complexity index is 860. The van der Waals surface area contributed by atoms with Crippen molar-refractivity contribution in [3.63, 3.8) is 0 Å². The molecule has 0 aliphatic rings. The predicted molar refractivity (Wildman–Crippen MR) is 81.5 cm³/mol. The molecule has 2 heterocycles. The fraction of sp³-hybridized carbons (Fsp3) is 0.133. The molecule has 0 amide bonds. The molecule has 0 atom stereocenters. The maximum atomic E-state index is 8.87. The molecular formula is C15H11N5S. The van der Waals surface area contributed by atoms with Gasteiger partial charge in [-0.05, 0) is 35.6 Å². The summed E-state index contributed by atoms with van der Waals surface area (Å²) in [5.74, 6) is 0.592. The van der Waals surface area contributed by atoms with Gasteiger partial charge in [0.05, 0.1) is 28.4 Å². The van der Waals surface area contributed by atoms with E-state index in [2.05, 4.69) is 26.3 Å². The monoisotopic (exact) mass is 293 g/mol. The van der Waals surface area contributed by atoms with Gasteiger partial charge in [-0.25, -0.2) is 9.97 Å². The molecule has 3 rings (SSSR count). The molecule has 0 aliphatic carbocycles. The standard InChI is InChI=1S/C15H11N5S/c1-10-8-21-14-13(10)17-9-18-15(14)20-19-7-12-4-2-3-11(5-12)6-16/h2-5,8-9H,7H2,1H3. The van der Waals surface area contributed by atoms with Gasteiger partial charge in [-0.15, -0.1) is 16.5 Å². The third-order valence-electron chi connectivity index (χ3n) is 2.99. The molecule has 2 aromatic heterocycles. The minimum Gasteiger partial charge on any atom is -0.235 e. The number of thiophene rings is 1. The number of hydrogen-bond acceptors (Lipinski definition) is 6. The Morgan fingerprint density at radius 2 is 2.24 bits per heavy atom. The topological polar surface area (TPSA) is 74.3 Å². The number of azo groups is 1. The molecular weight excluding hydrogens is 282 g/mol. The fourth-order valence-electron chi connectivity index (χ4n) is 1.95. The lowest BCUT2D eigenvalue weighted by atomic mass is 10.1. The molecule has 0 saturated carbocycles. The van der Waals surface area contributed by atoms with Crippen LogP contribution in [-0.4, -0.2) is 9.97 Å². The van der Waals surface area contributed by atoms with Crippen LogP contribution in [0.4, 0.5) is 5.82 Å². The van der Waals surface area contributed by atoms with Crippen LogP contribution in [0.15, 0.2) is 46.2 Å². The molecule has 0 spiro atoms. The predicted octanol–water partition coefficient (Wildman–Crippen LogP) is 4.16. The Morgan fingerprint density at radius 3 is 3.10 bits per heavy atom. The average Bonchev–Trinajstić information content (AvgIpc) is 2.90. The van der Waals surface area contributed by atoms with Crippen molar-refractivity contribution in [3.8, 4) is 6.07 Å². The molecule has 6 heteroatoms. The second-order valence-electron chi connectivity index (χ2n) is 4.51. The highest BCUT2D eigenvalue weighted by Gasteiger charge is 2.07. The lowest BCUT2D eigenvalue weighted by Crippen LogP contribution is -1.83. The van der Waals surface area contributed by atoms with E-state index in [1.807, 2.05) is 30.5 Å². The number of aryl methyl sites for hydroxylation is 1. The maximum Gasteiger partial charge on any atom is 0.195 e. The van der Waals surface area contributed by atoms with Crippen LogP contribution in [0.5, 0.6) is 0 Å². The first kappa shape index (κ1) is 13.3. The number of rotatable bonds is 3. The summed E-state index contributed by atoms with van der Waals surface area (Å²) in [5.41, 5.74) is 3.62. The number of nitrogens with zero attached hydrogens (tertiary/aromatic N) is 5. The first-order valence-corrected chi connectivity index (χ1v) is 7.21. The van der Waals surface area contributed by atoms with E-state index in [1.165, 1.54) is 6.33 Å².